The lowest BCUT2D eigenvalue weighted by atomic mass is 9.76. The van der Waals surface area contributed by atoms with Gasteiger partial charge in [0.15, 0.2) is 5.13 Å². The average molecular weight is 326 g/mol. The lowest BCUT2D eigenvalue weighted by Crippen LogP contribution is -2.36. The lowest BCUT2D eigenvalue weighted by Gasteiger charge is -2.34. The second-order valence-electron chi connectivity index (χ2n) is 7.09. The first-order valence-corrected chi connectivity index (χ1v) is 9.94. The SMILES string of the molecule is CCNC1CC(C)(C)Cc2nc(N3CCSC(C)C3)sc21. The molecule has 1 N–H and O–H groups in total. The van der Waals surface area contributed by atoms with Gasteiger partial charge in [-0.05, 0) is 24.8 Å². The molecule has 1 aromatic rings. The van der Waals surface area contributed by atoms with Crippen LogP contribution in [0.3, 0.4) is 0 Å². The first kappa shape index (κ1) is 15.6. The molecule has 1 aromatic heterocycles. The first-order valence-electron chi connectivity index (χ1n) is 8.08. The van der Waals surface area contributed by atoms with Crippen molar-refractivity contribution in [3.05, 3.63) is 10.6 Å². The minimum absolute atomic E-state index is 0.357. The fraction of sp³-hybridized carbons (Fsp3) is 0.812. The second-order valence-corrected chi connectivity index (χ2v) is 9.65. The number of nitrogens with one attached hydrogen (secondary N) is 1. The third-order valence-corrected chi connectivity index (χ3v) is 6.81. The minimum atomic E-state index is 0.357. The molecule has 2 aliphatic rings. The van der Waals surface area contributed by atoms with Crippen LogP contribution in [-0.2, 0) is 6.42 Å². The molecule has 0 amide bonds. The van der Waals surface area contributed by atoms with Crippen LogP contribution in [0, 0.1) is 5.41 Å². The van der Waals surface area contributed by atoms with E-state index in [0.717, 1.165) is 31.3 Å². The maximum atomic E-state index is 5.03. The fourth-order valence-corrected chi connectivity index (χ4v) is 5.66. The van der Waals surface area contributed by atoms with Gasteiger partial charge >= 0.3 is 0 Å². The number of anilines is 1. The summed E-state index contributed by atoms with van der Waals surface area (Å²) in [5.74, 6) is 1.23. The van der Waals surface area contributed by atoms with Gasteiger partial charge in [0.25, 0.3) is 0 Å². The van der Waals surface area contributed by atoms with Gasteiger partial charge < -0.3 is 10.2 Å². The van der Waals surface area contributed by atoms with Gasteiger partial charge in [0.2, 0.25) is 0 Å². The molecule has 0 bridgehead atoms. The Morgan fingerprint density at radius 2 is 2.24 bits per heavy atom. The molecule has 3 nitrogen and oxygen atoms in total. The van der Waals surface area contributed by atoms with Crippen LogP contribution in [0.2, 0.25) is 0 Å². The summed E-state index contributed by atoms with van der Waals surface area (Å²) in [4.78, 5) is 9.03. The number of thioether (sulfide) groups is 1. The Kier molecular flexibility index (Phi) is 4.53. The van der Waals surface area contributed by atoms with Crippen LogP contribution in [0.4, 0.5) is 5.13 Å². The van der Waals surface area contributed by atoms with Crippen molar-refractivity contribution < 1.29 is 0 Å². The maximum absolute atomic E-state index is 5.03. The lowest BCUT2D eigenvalue weighted by molar-refractivity contribution is 0.260. The molecule has 118 valence electrons. The third kappa shape index (κ3) is 3.40. The van der Waals surface area contributed by atoms with Gasteiger partial charge in [-0.2, -0.15) is 11.8 Å². The average Bonchev–Trinajstić information content (AvgIpc) is 2.81. The fourth-order valence-electron chi connectivity index (χ4n) is 3.46. The summed E-state index contributed by atoms with van der Waals surface area (Å²) in [7, 11) is 0. The largest absolute Gasteiger partial charge is 0.346 e. The second kappa shape index (κ2) is 6.09. The summed E-state index contributed by atoms with van der Waals surface area (Å²) >= 11 is 4.02. The molecule has 2 atom stereocenters. The van der Waals surface area contributed by atoms with Gasteiger partial charge in [-0.3, -0.25) is 0 Å². The maximum Gasteiger partial charge on any atom is 0.185 e. The normalized spacial score (nSPS) is 28.5. The Balaban J connectivity index is 1.86. The van der Waals surface area contributed by atoms with Crippen LogP contribution in [-0.4, -0.2) is 35.6 Å². The molecule has 0 spiro atoms. The van der Waals surface area contributed by atoms with E-state index in [4.69, 9.17) is 4.98 Å². The molecule has 21 heavy (non-hydrogen) atoms. The quantitative estimate of drug-likeness (QED) is 0.917. The number of thiazole rings is 1. The highest BCUT2D eigenvalue weighted by molar-refractivity contribution is 8.00. The van der Waals surface area contributed by atoms with Crippen LogP contribution in [0.25, 0.3) is 0 Å². The van der Waals surface area contributed by atoms with Crippen molar-refractivity contribution in [1.82, 2.24) is 10.3 Å². The summed E-state index contributed by atoms with van der Waals surface area (Å²) in [6, 6.07) is 0.497. The van der Waals surface area contributed by atoms with E-state index in [1.54, 1.807) is 0 Å². The van der Waals surface area contributed by atoms with E-state index in [1.165, 1.54) is 27.9 Å². The zero-order chi connectivity index (χ0) is 15.0. The van der Waals surface area contributed by atoms with Crippen molar-refractivity contribution in [2.45, 2.75) is 51.8 Å². The summed E-state index contributed by atoms with van der Waals surface area (Å²) < 4.78 is 0. The van der Waals surface area contributed by atoms with E-state index in [-0.39, 0.29) is 0 Å². The predicted molar refractivity (Wildman–Crippen MR) is 94.8 cm³/mol. The van der Waals surface area contributed by atoms with E-state index >= 15 is 0 Å². The zero-order valence-electron chi connectivity index (χ0n) is 13.6. The summed E-state index contributed by atoms with van der Waals surface area (Å²) in [6.45, 7) is 12.6. The number of aromatic nitrogens is 1. The Hall–Kier alpha value is -0.260. The van der Waals surface area contributed by atoms with Crippen molar-refractivity contribution in [3.8, 4) is 0 Å². The molecule has 0 radical (unpaired) electrons. The molecule has 0 saturated carbocycles. The van der Waals surface area contributed by atoms with Crippen LogP contribution < -0.4 is 10.2 Å². The van der Waals surface area contributed by atoms with Gasteiger partial charge in [-0.1, -0.05) is 39.0 Å². The number of hydrogen-bond acceptors (Lipinski definition) is 5. The number of fused-ring (bicyclic) bond motifs is 1. The summed E-state index contributed by atoms with van der Waals surface area (Å²) in [5.41, 5.74) is 1.71. The van der Waals surface area contributed by atoms with Crippen molar-refractivity contribution in [2.24, 2.45) is 5.41 Å². The topological polar surface area (TPSA) is 28.2 Å². The number of rotatable bonds is 3. The predicted octanol–water partition coefficient (Wildman–Crippen LogP) is 3.71. The highest BCUT2D eigenvalue weighted by atomic mass is 32.2. The van der Waals surface area contributed by atoms with Gasteiger partial charge in [0.05, 0.1) is 5.69 Å². The summed E-state index contributed by atoms with van der Waals surface area (Å²) in [5, 5.41) is 5.65. The van der Waals surface area contributed by atoms with Gasteiger partial charge in [-0.15, -0.1) is 0 Å². The summed E-state index contributed by atoms with van der Waals surface area (Å²) in [6.07, 6.45) is 2.35. The molecule has 1 aliphatic heterocycles. The number of nitrogens with zero attached hydrogens (tertiary/aromatic N) is 2. The smallest absolute Gasteiger partial charge is 0.185 e. The number of hydrogen-bond donors (Lipinski definition) is 1. The van der Waals surface area contributed by atoms with E-state index < -0.39 is 0 Å². The molecule has 1 saturated heterocycles. The first-order chi connectivity index (χ1) is 9.98. The zero-order valence-corrected chi connectivity index (χ0v) is 15.2. The highest BCUT2D eigenvalue weighted by Gasteiger charge is 2.35. The van der Waals surface area contributed by atoms with Crippen molar-refractivity contribution >= 4 is 28.2 Å². The van der Waals surface area contributed by atoms with Crippen molar-refractivity contribution in [1.29, 1.82) is 0 Å². The monoisotopic (exact) mass is 325 g/mol. The molecular formula is C16H27N3S2. The minimum Gasteiger partial charge on any atom is -0.346 e. The molecular weight excluding hydrogens is 298 g/mol. The van der Waals surface area contributed by atoms with Gasteiger partial charge in [0, 0.05) is 35.0 Å². The van der Waals surface area contributed by atoms with Gasteiger partial charge in [0.1, 0.15) is 0 Å². The molecule has 1 aliphatic carbocycles. The Morgan fingerprint density at radius 3 is 2.95 bits per heavy atom. The van der Waals surface area contributed by atoms with Crippen molar-refractivity contribution in [3.63, 3.8) is 0 Å². The molecule has 0 aromatic carbocycles. The molecule has 5 heteroatoms. The Morgan fingerprint density at radius 1 is 1.43 bits per heavy atom. The van der Waals surface area contributed by atoms with Crippen LogP contribution in [0.5, 0.6) is 0 Å². The van der Waals surface area contributed by atoms with E-state index in [1.807, 2.05) is 11.3 Å². The van der Waals surface area contributed by atoms with E-state index in [2.05, 4.69) is 49.7 Å². The Bertz CT molecular complexity index is 498. The Labute approximate surface area is 136 Å². The van der Waals surface area contributed by atoms with E-state index in [0.29, 0.717) is 11.5 Å². The van der Waals surface area contributed by atoms with Crippen LogP contribution >= 0.6 is 23.1 Å². The molecule has 1 fully saturated rings. The molecule has 2 heterocycles. The van der Waals surface area contributed by atoms with Crippen molar-refractivity contribution in [2.75, 3.05) is 30.3 Å². The standard InChI is InChI=1S/C16H27N3S2/c1-5-17-12-8-16(3,4)9-13-14(12)21-15(18-13)19-6-7-20-11(2)10-19/h11-12,17H,5-10H2,1-4H3. The third-order valence-electron chi connectivity index (χ3n) is 4.40. The van der Waals surface area contributed by atoms with Crippen LogP contribution in [0.1, 0.15) is 50.7 Å². The van der Waals surface area contributed by atoms with E-state index in [9.17, 15) is 0 Å². The van der Waals surface area contributed by atoms with Crippen LogP contribution in [0.15, 0.2) is 0 Å². The highest BCUT2D eigenvalue weighted by Crippen LogP contribution is 2.45. The molecule has 3 rings (SSSR count). The van der Waals surface area contributed by atoms with Gasteiger partial charge in [-0.25, -0.2) is 4.98 Å². The molecule has 2 unspecified atom stereocenters.